The first-order chi connectivity index (χ1) is 9.69. The third-order valence-corrected chi connectivity index (χ3v) is 4.85. The highest BCUT2D eigenvalue weighted by atomic mass is 16.5. The molecule has 2 fully saturated rings. The molecule has 20 heavy (non-hydrogen) atoms. The third kappa shape index (κ3) is 2.50. The molecule has 1 aromatic carbocycles. The Morgan fingerprint density at radius 3 is 2.90 bits per heavy atom. The summed E-state index contributed by atoms with van der Waals surface area (Å²) in [5.41, 5.74) is 1.15. The van der Waals surface area contributed by atoms with Crippen molar-refractivity contribution in [2.45, 2.75) is 38.4 Å². The fourth-order valence-corrected chi connectivity index (χ4v) is 3.67. The molecule has 0 bridgehead atoms. The molecule has 1 aromatic rings. The average Bonchev–Trinajstić information content (AvgIpc) is 2.91. The maximum atomic E-state index is 9.89. The number of piperazine rings is 1. The van der Waals surface area contributed by atoms with Gasteiger partial charge in [0, 0.05) is 31.7 Å². The van der Waals surface area contributed by atoms with Gasteiger partial charge in [0.1, 0.15) is 0 Å². The van der Waals surface area contributed by atoms with E-state index in [0.717, 1.165) is 24.7 Å². The van der Waals surface area contributed by atoms with Crippen LogP contribution in [0, 0.1) is 0 Å². The van der Waals surface area contributed by atoms with Crippen LogP contribution >= 0.6 is 0 Å². The number of nitrogens with zero attached hydrogens (tertiary/aromatic N) is 2. The van der Waals surface area contributed by atoms with Crippen molar-refractivity contribution < 1.29 is 9.84 Å². The Balaban J connectivity index is 1.69. The number of hydrogen-bond acceptors (Lipinski definition) is 4. The van der Waals surface area contributed by atoms with Crippen molar-refractivity contribution in [1.82, 2.24) is 9.80 Å². The number of rotatable bonds is 3. The van der Waals surface area contributed by atoms with Crippen LogP contribution in [-0.2, 0) is 6.54 Å². The molecule has 4 nitrogen and oxygen atoms in total. The normalized spacial score (nSPS) is 27.5. The Morgan fingerprint density at radius 1 is 1.30 bits per heavy atom. The monoisotopic (exact) mass is 276 g/mol. The van der Waals surface area contributed by atoms with Gasteiger partial charge in [-0.25, -0.2) is 0 Å². The number of phenolic OH excluding ortho intramolecular Hbond substituents is 1. The lowest BCUT2D eigenvalue weighted by atomic mass is 10.0. The summed E-state index contributed by atoms with van der Waals surface area (Å²) in [5.74, 6) is 0.777. The molecule has 1 N–H and O–H groups in total. The summed E-state index contributed by atoms with van der Waals surface area (Å²) >= 11 is 0. The van der Waals surface area contributed by atoms with Crippen molar-refractivity contribution in [2.75, 3.05) is 26.7 Å². The fraction of sp³-hybridized carbons (Fsp3) is 0.625. The zero-order chi connectivity index (χ0) is 14.1. The molecule has 2 saturated heterocycles. The molecule has 0 unspecified atom stereocenters. The second kappa shape index (κ2) is 5.62. The largest absolute Gasteiger partial charge is 0.504 e. The van der Waals surface area contributed by atoms with E-state index in [-0.39, 0.29) is 5.75 Å². The zero-order valence-electron chi connectivity index (χ0n) is 12.4. The van der Waals surface area contributed by atoms with Crippen LogP contribution in [0.2, 0.25) is 0 Å². The van der Waals surface area contributed by atoms with Gasteiger partial charge in [-0.05, 0) is 44.0 Å². The van der Waals surface area contributed by atoms with Crippen molar-refractivity contribution in [3.05, 3.63) is 23.8 Å². The molecule has 2 aliphatic rings. The molecule has 0 amide bonds. The lowest BCUT2D eigenvalue weighted by Gasteiger charge is -2.43. The minimum atomic E-state index is 0.233. The van der Waals surface area contributed by atoms with Gasteiger partial charge in [-0.2, -0.15) is 0 Å². The molecule has 2 heterocycles. The molecule has 4 heteroatoms. The summed E-state index contributed by atoms with van der Waals surface area (Å²) < 4.78 is 5.10. The number of aromatic hydroxyl groups is 1. The van der Waals surface area contributed by atoms with Crippen LogP contribution in [-0.4, -0.2) is 53.7 Å². The van der Waals surface area contributed by atoms with E-state index in [1.54, 1.807) is 7.11 Å². The van der Waals surface area contributed by atoms with E-state index in [4.69, 9.17) is 4.74 Å². The predicted octanol–water partition coefficient (Wildman–Crippen LogP) is 2.07. The molecule has 2 atom stereocenters. The second-order valence-corrected chi connectivity index (χ2v) is 5.96. The lowest BCUT2D eigenvalue weighted by molar-refractivity contribution is 0.0470. The Labute approximate surface area is 120 Å². The quantitative estimate of drug-likeness (QED) is 0.917. The standard InChI is InChI=1S/C16H24N2O2/c1-12-14-4-3-7-17(14)8-9-18(12)11-13-5-6-16(20-2)15(19)10-13/h5-6,10,12,14,19H,3-4,7-9,11H2,1-2H3/t12-,14-/m0/s1. The summed E-state index contributed by atoms with van der Waals surface area (Å²) in [6.45, 7) is 6.81. The Hall–Kier alpha value is -1.26. The topological polar surface area (TPSA) is 35.9 Å². The van der Waals surface area contributed by atoms with Gasteiger partial charge < -0.3 is 9.84 Å². The molecule has 2 aliphatic heterocycles. The van der Waals surface area contributed by atoms with Crippen LogP contribution < -0.4 is 4.74 Å². The Bertz CT molecular complexity index is 478. The molecular formula is C16H24N2O2. The first-order valence-electron chi connectivity index (χ1n) is 7.53. The number of fused-ring (bicyclic) bond motifs is 1. The van der Waals surface area contributed by atoms with Gasteiger partial charge in [0.15, 0.2) is 11.5 Å². The maximum absolute atomic E-state index is 9.89. The first-order valence-corrected chi connectivity index (χ1v) is 7.53. The van der Waals surface area contributed by atoms with E-state index in [0.29, 0.717) is 11.8 Å². The lowest BCUT2D eigenvalue weighted by Crippen LogP contribution is -2.55. The highest BCUT2D eigenvalue weighted by Gasteiger charge is 2.36. The van der Waals surface area contributed by atoms with Crippen molar-refractivity contribution in [1.29, 1.82) is 0 Å². The average molecular weight is 276 g/mol. The van der Waals surface area contributed by atoms with Crippen LogP contribution in [0.3, 0.4) is 0 Å². The van der Waals surface area contributed by atoms with Gasteiger partial charge >= 0.3 is 0 Å². The molecule has 3 rings (SSSR count). The Morgan fingerprint density at radius 2 is 2.15 bits per heavy atom. The van der Waals surface area contributed by atoms with E-state index < -0.39 is 0 Å². The van der Waals surface area contributed by atoms with Crippen LogP contribution in [0.25, 0.3) is 0 Å². The van der Waals surface area contributed by atoms with E-state index in [2.05, 4.69) is 16.7 Å². The van der Waals surface area contributed by atoms with Crippen molar-refractivity contribution >= 4 is 0 Å². The number of hydrogen-bond donors (Lipinski definition) is 1. The summed E-state index contributed by atoms with van der Waals surface area (Å²) in [7, 11) is 1.58. The molecule has 0 aromatic heterocycles. The van der Waals surface area contributed by atoms with Crippen LogP contribution in [0.1, 0.15) is 25.3 Å². The third-order valence-electron chi connectivity index (χ3n) is 4.85. The highest BCUT2D eigenvalue weighted by molar-refractivity contribution is 5.41. The van der Waals surface area contributed by atoms with Gasteiger partial charge in [-0.15, -0.1) is 0 Å². The summed E-state index contributed by atoms with van der Waals surface area (Å²) in [6.07, 6.45) is 2.66. The van der Waals surface area contributed by atoms with Gasteiger partial charge in [-0.3, -0.25) is 9.80 Å². The van der Waals surface area contributed by atoms with Crippen LogP contribution in [0.5, 0.6) is 11.5 Å². The summed E-state index contributed by atoms with van der Waals surface area (Å²) in [6, 6.07) is 7.03. The number of methoxy groups -OCH3 is 1. The molecule has 0 aliphatic carbocycles. The fourth-order valence-electron chi connectivity index (χ4n) is 3.67. The number of phenols is 1. The minimum absolute atomic E-state index is 0.233. The van der Waals surface area contributed by atoms with Crippen molar-refractivity contribution in [3.8, 4) is 11.5 Å². The van der Waals surface area contributed by atoms with Gasteiger partial charge in [-0.1, -0.05) is 6.07 Å². The van der Waals surface area contributed by atoms with E-state index >= 15 is 0 Å². The molecular weight excluding hydrogens is 252 g/mol. The van der Waals surface area contributed by atoms with Gasteiger partial charge in [0.2, 0.25) is 0 Å². The second-order valence-electron chi connectivity index (χ2n) is 5.96. The van der Waals surface area contributed by atoms with Crippen LogP contribution in [0.4, 0.5) is 0 Å². The highest BCUT2D eigenvalue weighted by Crippen LogP contribution is 2.30. The zero-order valence-corrected chi connectivity index (χ0v) is 12.4. The molecule has 110 valence electrons. The van der Waals surface area contributed by atoms with E-state index in [9.17, 15) is 5.11 Å². The first kappa shape index (κ1) is 13.7. The van der Waals surface area contributed by atoms with Crippen LogP contribution in [0.15, 0.2) is 18.2 Å². The van der Waals surface area contributed by atoms with E-state index in [1.807, 2.05) is 18.2 Å². The molecule has 0 spiro atoms. The minimum Gasteiger partial charge on any atom is -0.504 e. The smallest absolute Gasteiger partial charge is 0.160 e. The van der Waals surface area contributed by atoms with E-state index in [1.165, 1.54) is 25.9 Å². The molecule has 0 radical (unpaired) electrons. The SMILES string of the molecule is COc1ccc(CN2CCN3CCC[C@H]3[C@@H]2C)cc1O. The predicted molar refractivity (Wildman–Crippen MR) is 79.1 cm³/mol. The number of ether oxygens (including phenoxy) is 1. The van der Waals surface area contributed by atoms with Gasteiger partial charge in [0.05, 0.1) is 7.11 Å². The maximum Gasteiger partial charge on any atom is 0.160 e. The van der Waals surface area contributed by atoms with Crippen molar-refractivity contribution in [3.63, 3.8) is 0 Å². The molecule has 0 saturated carbocycles. The van der Waals surface area contributed by atoms with Crippen molar-refractivity contribution in [2.24, 2.45) is 0 Å². The summed E-state index contributed by atoms with van der Waals surface area (Å²) in [4.78, 5) is 5.17. The Kier molecular flexibility index (Phi) is 3.85. The number of benzene rings is 1. The summed E-state index contributed by atoms with van der Waals surface area (Å²) in [5, 5.41) is 9.89. The van der Waals surface area contributed by atoms with Gasteiger partial charge in [0.25, 0.3) is 0 Å².